The van der Waals surface area contributed by atoms with Gasteiger partial charge in [-0.05, 0) is 52.2 Å². The molecule has 6 heteroatoms. The molecule has 0 aromatic carbocycles. The lowest BCUT2D eigenvalue weighted by atomic mass is 9.76. The van der Waals surface area contributed by atoms with Gasteiger partial charge in [-0.1, -0.05) is 0 Å². The summed E-state index contributed by atoms with van der Waals surface area (Å²) in [6, 6.07) is 1.19. The second-order valence-corrected chi connectivity index (χ2v) is 7.45. The van der Waals surface area contributed by atoms with Gasteiger partial charge in [-0.25, -0.2) is 0 Å². The summed E-state index contributed by atoms with van der Waals surface area (Å²) in [6.45, 7) is 4.71. The molecule has 2 heterocycles. The average molecular weight is 342 g/mol. The van der Waals surface area contributed by atoms with Gasteiger partial charge in [-0.2, -0.15) is 0 Å². The lowest BCUT2D eigenvalue weighted by Crippen LogP contribution is -2.56. The van der Waals surface area contributed by atoms with Gasteiger partial charge in [0.15, 0.2) is 0 Å². The molecule has 24 heavy (non-hydrogen) atoms. The summed E-state index contributed by atoms with van der Waals surface area (Å²) in [6.07, 6.45) is 7.29. The van der Waals surface area contributed by atoms with Gasteiger partial charge >= 0.3 is 0 Å². The molecule has 1 aliphatic carbocycles. The fraction of sp³-hybridized carbons (Fsp3) is 1.00. The Morgan fingerprint density at radius 2 is 2.04 bits per heavy atom. The Labute approximate surface area is 146 Å². The van der Waals surface area contributed by atoms with E-state index in [0.717, 1.165) is 19.3 Å². The zero-order chi connectivity index (χ0) is 16.8. The molecule has 4 atom stereocenters. The first-order valence-electron chi connectivity index (χ1n) is 9.50. The molecule has 2 saturated heterocycles. The van der Waals surface area contributed by atoms with Gasteiger partial charge in [0.1, 0.15) is 6.79 Å². The molecule has 1 N–H and O–H groups in total. The van der Waals surface area contributed by atoms with Gasteiger partial charge in [0.05, 0.1) is 31.5 Å². The third-order valence-corrected chi connectivity index (χ3v) is 5.93. The Morgan fingerprint density at radius 3 is 2.79 bits per heavy atom. The molecule has 1 unspecified atom stereocenters. The number of nitrogens with zero attached hydrogens (tertiary/aromatic N) is 1. The SMILES string of the molecule is CN[C@H]1CC[C@@]2(CC(OCOCCOC)CO2)C[C@@H]1N1CCCC1. The fourth-order valence-corrected chi connectivity index (χ4v) is 4.60. The molecular formula is C18H34N2O4. The van der Waals surface area contributed by atoms with Crippen LogP contribution < -0.4 is 5.32 Å². The van der Waals surface area contributed by atoms with Crippen molar-refractivity contribution in [2.75, 3.05) is 53.9 Å². The molecule has 0 aromatic rings. The maximum Gasteiger partial charge on any atom is 0.147 e. The summed E-state index contributed by atoms with van der Waals surface area (Å²) in [5, 5.41) is 3.54. The summed E-state index contributed by atoms with van der Waals surface area (Å²) in [5.74, 6) is 0. The van der Waals surface area contributed by atoms with Crippen molar-refractivity contribution in [1.29, 1.82) is 0 Å². The molecule has 0 radical (unpaired) electrons. The van der Waals surface area contributed by atoms with Crippen molar-refractivity contribution < 1.29 is 18.9 Å². The van der Waals surface area contributed by atoms with Crippen LogP contribution >= 0.6 is 0 Å². The first-order valence-corrected chi connectivity index (χ1v) is 9.50. The van der Waals surface area contributed by atoms with Gasteiger partial charge < -0.3 is 24.3 Å². The Bertz CT molecular complexity index is 376. The van der Waals surface area contributed by atoms with Crippen molar-refractivity contribution in [3.8, 4) is 0 Å². The van der Waals surface area contributed by atoms with Gasteiger partial charge in [-0.15, -0.1) is 0 Å². The Hall–Kier alpha value is -0.240. The standard InChI is InChI=1S/C18H34N2O4/c1-19-16-5-6-18(12-17(16)20-7-3-4-8-20)11-15(13-24-18)23-14-22-10-9-21-2/h15-17,19H,3-14H2,1-2H3/t15?,16-,17-,18+/m0/s1. The lowest BCUT2D eigenvalue weighted by molar-refractivity contribution is -0.0977. The number of nitrogens with one attached hydrogen (secondary N) is 1. The summed E-state index contributed by atoms with van der Waals surface area (Å²) in [5.41, 5.74) is 0.0117. The summed E-state index contributed by atoms with van der Waals surface area (Å²) in [4.78, 5) is 2.67. The normalized spacial score (nSPS) is 37.5. The van der Waals surface area contributed by atoms with E-state index in [4.69, 9.17) is 18.9 Å². The number of hydrogen-bond acceptors (Lipinski definition) is 6. The highest BCUT2D eigenvalue weighted by Gasteiger charge is 2.48. The summed E-state index contributed by atoms with van der Waals surface area (Å²) < 4.78 is 22.6. The topological polar surface area (TPSA) is 52.2 Å². The van der Waals surface area contributed by atoms with E-state index in [-0.39, 0.29) is 11.7 Å². The van der Waals surface area contributed by atoms with Crippen molar-refractivity contribution in [3.63, 3.8) is 0 Å². The van der Waals surface area contributed by atoms with E-state index in [1.807, 2.05) is 0 Å². The fourth-order valence-electron chi connectivity index (χ4n) is 4.60. The molecule has 2 aliphatic heterocycles. The van der Waals surface area contributed by atoms with Crippen LogP contribution in [0.3, 0.4) is 0 Å². The zero-order valence-corrected chi connectivity index (χ0v) is 15.3. The summed E-state index contributed by atoms with van der Waals surface area (Å²) >= 11 is 0. The van der Waals surface area contributed by atoms with E-state index in [0.29, 0.717) is 38.7 Å². The number of rotatable bonds is 8. The number of hydrogen-bond donors (Lipinski definition) is 1. The Kier molecular flexibility index (Phi) is 6.89. The van der Waals surface area contributed by atoms with Crippen LogP contribution in [0.1, 0.15) is 38.5 Å². The van der Waals surface area contributed by atoms with Crippen LogP contribution in [0, 0.1) is 0 Å². The molecule has 1 saturated carbocycles. The van der Waals surface area contributed by atoms with Crippen molar-refractivity contribution in [3.05, 3.63) is 0 Å². The van der Waals surface area contributed by atoms with E-state index >= 15 is 0 Å². The van der Waals surface area contributed by atoms with Crippen LogP contribution in [-0.2, 0) is 18.9 Å². The molecule has 3 rings (SSSR count). The Morgan fingerprint density at radius 1 is 1.21 bits per heavy atom. The van der Waals surface area contributed by atoms with Crippen LogP contribution in [0.4, 0.5) is 0 Å². The predicted molar refractivity (Wildman–Crippen MR) is 92.2 cm³/mol. The lowest BCUT2D eigenvalue weighted by Gasteiger charge is -2.45. The molecule has 6 nitrogen and oxygen atoms in total. The first kappa shape index (κ1) is 18.5. The third kappa shape index (κ3) is 4.48. The molecule has 0 bridgehead atoms. The zero-order valence-electron chi connectivity index (χ0n) is 15.3. The maximum absolute atomic E-state index is 6.30. The number of likely N-dealkylation sites (tertiary alicyclic amines) is 1. The van der Waals surface area contributed by atoms with E-state index in [2.05, 4.69) is 17.3 Å². The van der Waals surface area contributed by atoms with Crippen LogP contribution in [0.5, 0.6) is 0 Å². The maximum atomic E-state index is 6.30. The number of ether oxygens (including phenoxy) is 4. The minimum absolute atomic E-state index is 0.0117. The van der Waals surface area contributed by atoms with Gasteiger partial charge in [0.2, 0.25) is 0 Å². The van der Waals surface area contributed by atoms with E-state index in [1.54, 1.807) is 7.11 Å². The Balaban J connectivity index is 1.48. The molecular weight excluding hydrogens is 308 g/mol. The van der Waals surface area contributed by atoms with Crippen molar-refractivity contribution in [2.24, 2.45) is 0 Å². The van der Waals surface area contributed by atoms with Crippen molar-refractivity contribution in [1.82, 2.24) is 10.2 Å². The van der Waals surface area contributed by atoms with Gasteiger partial charge in [0.25, 0.3) is 0 Å². The smallest absolute Gasteiger partial charge is 0.147 e. The number of methoxy groups -OCH3 is 1. The second kappa shape index (κ2) is 8.92. The molecule has 3 fully saturated rings. The molecule has 3 aliphatic rings. The quantitative estimate of drug-likeness (QED) is 0.531. The third-order valence-electron chi connectivity index (χ3n) is 5.93. The molecule has 0 amide bonds. The monoisotopic (exact) mass is 342 g/mol. The van der Waals surface area contributed by atoms with Crippen molar-refractivity contribution >= 4 is 0 Å². The highest BCUT2D eigenvalue weighted by molar-refractivity contribution is 5.02. The molecule has 0 aromatic heterocycles. The number of likely N-dealkylation sites (N-methyl/N-ethyl adjacent to an activating group) is 1. The van der Waals surface area contributed by atoms with E-state index < -0.39 is 0 Å². The van der Waals surface area contributed by atoms with Crippen molar-refractivity contribution in [2.45, 2.75) is 62.3 Å². The van der Waals surface area contributed by atoms with Gasteiger partial charge in [0, 0.05) is 25.6 Å². The summed E-state index contributed by atoms with van der Waals surface area (Å²) in [7, 11) is 3.78. The van der Waals surface area contributed by atoms with Crippen LogP contribution in [0.15, 0.2) is 0 Å². The van der Waals surface area contributed by atoms with Gasteiger partial charge in [-0.3, -0.25) is 4.90 Å². The molecule has 1 spiro atoms. The minimum atomic E-state index is 0.0117. The first-order chi connectivity index (χ1) is 11.8. The van der Waals surface area contributed by atoms with Crippen LogP contribution in [0.25, 0.3) is 0 Å². The van der Waals surface area contributed by atoms with E-state index in [9.17, 15) is 0 Å². The van der Waals surface area contributed by atoms with Crippen LogP contribution in [0.2, 0.25) is 0 Å². The molecule has 140 valence electrons. The minimum Gasteiger partial charge on any atom is -0.382 e. The van der Waals surface area contributed by atoms with E-state index in [1.165, 1.54) is 32.4 Å². The highest BCUT2D eigenvalue weighted by atomic mass is 16.7. The predicted octanol–water partition coefficient (Wildman–Crippen LogP) is 1.39. The largest absolute Gasteiger partial charge is 0.382 e. The highest BCUT2D eigenvalue weighted by Crippen LogP contribution is 2.42. The second-order valence-electron chi connectivity index (χ2n) is 7.45. The van der Waals surface area contributed by atoms with Crippen LogP contribution in [-0.4, -0.2) is 82.5 Å². The average Bonchev–Trinajstić information content (AvgIpc) is 3.25.